The highest BCUT2D eigenvalue weighted by molar-refractivity contribution is 7.81. The largest absolute Gasteiger partial charge is 0.298 e. The third-order valence-corrected chi connectivity index (χ3v) is 2.59. The van der Waals surface area contributed by atoms with Gasteiger partial charge in [0, 0.05) is 19.5 Å². The number of nitrogens with zero attached hydrogens (tertiary/aromatic N) is 1. The van der Waals surface area contributed by atoms with Gasteiger partial charge in [-0.15, -0.1) is 0 Å². The normalized spacial score (nSPS) is 30.2. The van der Waals surface area contributed by atoms with Crippen molar-refractivity contribution >= 4 is 31.2 Å². The van der Waals surface area contributed by atoms with Crippen LogP contribution in [0.2, 0.25) is 0 Å². The Morgan fingerprint density at radius 1 is 1.50 bits per heavy atom. The average molecular weight is 177 g/mol. The summed E-state index contributed by atoms with van der Waals surface area (Å²) in [6.07, 6.45) is 1.42. The first kappa shape index (κ1) is 8.43. The fourth-order valence-electron chi connectivity index (χ4n) is 0.950. The van der Waals surface area contributed by atoms with Gasteiger partial charge >= 0.3 is 0 Å². The maximum atomic E-state index is 11.0. The summed E-state index contributed by atoms with van der Waals surface area (Å²) in [6, 6.07) is 0. The van der Waals surface area contributed by atoms with E-state index in [-0.39, 0.29) is 11.0 Å². The van der Waals surface area contributed by atoms with Crippen LogP contribution in [-0.4, -0.2) is 28.4 Å². The average Bonchev–Trinajstić information content (AvgIpc) is 2.04. The van der Waals surface area contributed by atoms with E-state index < -0.39 is 0 Å². The Bertz CT molecular complexity index is 140. The molecule has 0 radical (unpaired) electrons. The van der Waals surface area contributed by atoms with Gasteiger partial charge in [0.25, 0.3) is 0 Å². The number of rotatable bonds is 0. The minimum atomic E-state index is -0.0582. The molecule has 0 saturated carbocycles. The van der Waals surface area contributed by atoms with E-state index in [1.54, 1.807) is 0 Å². The lowest BCUT2D eigenvalue weighted by Crippen LogP contribution is -2.12. The summed E-state index contributed by atoms with van der Waals surface area (Å²) in [5.41, 5.74) is 0. The zero-order valence-corrected chi connectivity index (χ0v) is 7.44. The molecular weight excluding hydrogens is 166 g/mol. The number of hydrogen-bond acceptors (Lipinski definition) is 4. The molecule has 0 amide bonds. The van der Waals surface area contributed by atoms with Crippen molar-refractivity contribution in [3.05, 3.63) is 0 Å². The zero-order valence-electron chi connectivity index (χ0n) is 5.66. The monoisotopic (exact) mass is 177 g/mol. The van der Waals surface area contributed by atoms with Crippen molar-refractivity contribution in [3.63, 3.8) is 0 Å². The van der Waals surface area contributed by atoms with Crippen molar-refractivity contribution < 1.29 is 4.79 Å². The van der Waals surface area contributed by atoms with Crippen LogP contribution in [-0.2, 0) is 4.79 Å². The summed E-state index contributed by atoms with van der Waals surface area (Å²) in [7, 11) is 0. The van der Waals surface area contributed by atoms with Gasteiger partial charge < -0.3 is 0 Å². The molecule has 0 aromatic heterocycles. The molecule has 1 fully saturated rings. The molecule has 1 aliphatic rings. The van der Waals surface area contributed by atoms with Crippen LogP contribution in [0.25, 0.3) is 0 Å². The summed E-state index contributed by atoms with van der Waals surface area (Å²) in [6.45, 7) is 1.63. The van der Waals surface area contributed by atoms with E-state index in [1.165, 1.54) is 0 Å². The van der Waals surface area contributed by atoms with Crippen molar-refractivity contribution in [1.82, 2.24) is 4.31 Å². The van der Waals surface area contributed by atoms with Gasteiger partial charge in [-0.3, -0.25) is 9.10 Å². The van der Waals surface area contributed by atoms with Gasteiger partial charge in [0.2, 0.25) is 0 Å². The van der Waals surface area contributed by atoms with Crippen molar-refractivity contribution in [2.45, 2.75) is 18.1 Å². The Hall–Kier alpha value is 0.330. The van der Waals surface area contributed by atoms with Gasteiger partial charge in [-0.1, -0.05) is 12.8 Å². The highest BCUT2D eigenvalue weighted by Gasteiger charge is 2.18. The highest BCUT2D eigenvalue weighted by atomic mass is 32.1. The van der Waals surface area contributed by atoms with Crippen LogP contribution in [0.5, 0.6) is 0 Å². The highest BCUT2D eigenvalue weighted by Crippen LogP contribution is 2.13. The maximum absolute atomic E-state index is 11.0. The number of Topliss-reactive ketones (excluding diaryl/α,β-unsaturated/α-hetero) is 1. The van der Waals surface area contributed by atoms with Crippen LogP contribution in [0.15, 0.2) is 0 Å². The van der Waals surface area contributed by atoms with Crippen LogP contribution in [0, 0.1) is 0 Å². The van der Waals surface area contributed by atoms with Crippen molar-refractivity contribution in [2.24, 2.45) is 0 Å². The number of carbonyl (C=O) groups excluding carboxylic acids is 1. The maximum Gasteiger partial charge on any atom is 0.146 e. The Labute approximate surface area is 71.9 Å². The molecule has 1 heterocycles. The smallest absolute Gasteiger partial charge is 0.146 e. The zero-order chi connectivity index (χ0) is 7.56. The second-order valence-electron chi connectivity index (χ2n) is 2.47. The summed E-state index contributed by atoms with van der Waals surface area (Å²) in [5, 5.41) is -0.0582. The van der Waals surface area contributed by atoms with E-state index in [0.717, 1.165) is 19.5 Å². The molecule has 58 valence electrons. The molecule has 4 heteroatoms. The molecule has 1 saturated heterocycles. The van der Waals surface area contributed by atoms with Crippen molar-refractivity contribution in [2.75, 3.05) is 13.1 Å². The number of thiol groups is 2. The lowest BCUT2D eigenvalue weighted by molar-refractivity contribution is -0.118. The molecule has 10 heavy (non-hydrogen) atoms. The lowest BCUT2D eigenvalue weighted by Gasteiger charge is -2.08. The standard InChI is InChI=1S/C6H11NOS2/c8-5-1-3-7(10)4-2-6(5)9/h6,9-10H,1-4H2. The quantitative estimate of drug-likeness (QED) is 0.534. The lowest BCUT2D eigenvalue weighted by atomic mass is 10.2. The van der Waals surface area contributed by atoms with E-state index in [9.17, 15) is 4.79 Å². The third-order valence-electron chi connectivity index (χ3n) is 1.65. The Morgan fingerprint density at radius 2 is 2.20 bits per heavy atom. The fraction of sp³-hybridized carbons (Fsp3) is 0.833. The Kier molecular flexibility index (Phi) is 3.07. The van der Waals surface area contributed by atoms with Crippen LogP contribution in [0.3, 0.4) is 0 Å². The molecule has 0 spiro atoms. The van der Waals surface area contributed by atoms with Crippen LogP contribution in [0.1, 0.15) is 12.8 Å². The number of hydrogen-bond donors (Lipinski definition) is 2. The fourth-order valence-corrected chi connectivity index (χ4v) is 1.41. The molecular formula is C6H11NOS2. The van der Waals surface area contributed by atoms with Crippen LogP contribution >= 0.6 is 25.4 Å². The molecule has 2 nitrogen and oxygen atoms in total. The minimum Gasteiger partial charge on any atom is -0.298 e. The van der Waals surface area contributed by atoms with Crippen LogP contribution in [0.4, 0.5) is 0 Å². The summed E-state index contributed by atoms with van der Waals surface area (Å²) >= 11 is 8.31. The summed E-state index contributed by atoms with van der Waals surface area (Å²) < 4.78 is 1.87. The van der Waals surface area contributed by atoms with E-state index >= 15 is 0 Å². The predicted octanol–water partition coefficient (Wildman–Crippen LogP) is 0.794. The van der Waals surface area contributed by atoms with Gasteiger partial charge in [-0.2, -0.15) is 12.6 Å². The summed E-state index contributed by atoms with van der Waals surface area (Å²) in [5.74, 6) is 0.250. The molecule has 0 aromatic carbocycles. The van der Waals surface area contributed by atoms with E-state index in [1.807, 2.05) is 4.31 Å². The minimum absolute atomic E-state index is 0.0582. The van der Waals surface area contributed by atoms with Gasteiger partial charge in [-0.05, 0) is 6.42 Å². The first-order valence-electron chi connectivity index (χ1n) is 3.35. The molecule has 1 unspecified atom stereocenters. The Balaban J connectivity index is 2.46. The van der Waals surface area contributed by atoms with Gasteiger partial charge in [0.1, 0.15) is 5.78 Å². The van der Waals surface area contributed by atoms with Gasteiger partial charge in [0.05, 0.1) is 5.25 Å². The van der Waals surface area contributed by atoms with Crippen molar-refractivity contribution in [1.29, 1.82) is 0 Å². The number of ketones is 1. The predicted molar refractivity (Wildman–Crippen MR) is 47.6 cm³/mol. The topological polar surface area (TPSA) is 20.3 Å². The second kappa shape index (κ2) is 3.64. The molecule has 1 atom stereocenters. The van der Waals surface area contributed by atoms with Gasteiger partial charge in [0.15, 0.2) is 0 Å². The van der Waals surface area contributed by atoms with E-state index in [0.29, 0.717) is 6.42 Å². The third kappa shape index (κ3) is 2.18. The first-order chi connectivity index (χ1) is 4.70. The number of carbonyl (C=O) groups is 1. The van der Waals surface area contributed by atoms with Crippen LogP contribution < -0.4 is 0 Å². The molecule has 0 aromatic rings. The Morgan fingerprint density at radius 3 is 2.90 bits per heavy atom. The summed E-state index contributed by atoms with van der Waals surface area (Å²) in [4.78, 5) is 11.0. The first-order valence-corrected chi connectivity index (χ1v) is 4.26. The van der Waals surface area contributed by atoms with Crippen molar-refractivity contribution in [3.8, 4) is 0 Å². The molecule has 0 aliphatic carbocycles. The van der Waals surface area contributed by atoms with E-state index in [4.69, 9.17) is 0 Å². The van der Waals surface area contributed by atoms with Gasteiger partial charge in [-0.25, -0.2) is 0 Å². The molecule has 0 bridgehead atoms. The molecule has 1 aliphatic heterocycles. The van der Waals surface area contributed by atoms with E-state index in [2.05, 4.69) is 25.4 Å². The molecule has 1 rings (SSSR count). The molecule has 0 N–H and O–H groups in total. The second-order valence-corrected chi connectivity index (χ2v) is 3.66. The SMILES string of the molecule is O=C1CCN(S)CCC1S.